The Morgan fingerprint density at radius 2 is 1.68 bits per heavy atom. The van der Waals surface area contributed by atoms with E-state index in [1.54, 1.807) is 24.3 Å². The number of carbonyl (C=O) groups excluding carboxylic acids is 2. The number of aromatic nitrogens is 1. The molecule has 200 valence electrons. The molecule has 2 N–H and O–H groups in total. The van der Waals surface area contributed by atoms with Crippen molar-refractivity contribution >= 4 is 34.1 Å². The van der Waals surface area contributed by atoms with Crippen molar-refractivity contribution < 1.29 is 14.0 Å². The first-order valence-electron chi connectivity index (χ1n) is 13.2. The molecule has 2 amide bonds. The molecule has 0 bridgehead atoms. The van der Waals surface area contributed by atoms with Crippen molar-refractivity contribution in [2.75, 3.05) is 5.32 Å². The summed E-state index contributed by atoms with van der Waals surface area (Å²) < 4.78 is 5.12. The molecule has 5 aromatic rings. The molecule has 0 unspecified atom stereocenters. The summed E-state index contributed by atoms with van der Waals surface area (Å²) >= 11 is 0. The van der Waals surface area contributed by atoms with Crippen molar-refractivity contribution in [3.8, 4) is 11.3 Å². The Labute approximate surface area is 233 Å². The number of pyridine rings is 1. The van der Waals surface area contributed by atoms with Crippen LogP contribution in [-0.4, -0.2) is 22.5 Å². The second-order valence-electron chi connectivity index (χ2n) is 9.65. The van der Waals surface area contributed by atoms with Crippen LogP contribution in [0.15, 0.2) is 107 Å². The van der Waals surface area contributed by atoms with Crippen LogP contribution >= 0.6 is 0 Å². The van der Waals surface area contributed by atoms with Crippen molar-refractivity contribution in [2.24, 2.45) is 5.10 Å². The molecule has 7 nitrogen and oxygen atoms in total. The minimum atomic E-state index is -0.328. The van der Waals surface area contributed by atoms with Gasteiger partial charge in [-0.3, -0.25) is 9.59 Å². The van der Waals surface area contributed by atoms with Crippen molar-refractivity contribution in [1.82, 2.24) is 10.4 Å². The number of nitrogens with zero attached hydrogens (tertiary/aromatic N) is 2. The molecule has 2 aromatic heterocycles. The van der Waals surface area contributed by atoms with Crippen LogP contribution in [0.2, 0.25) is 0 Å². The van der Waals surface area contributed by atoms with E-state index in [4.69, 9.17) is 9.40 Å². The van der Waals surface area contributed by atoms with Crippen LogP contribution in [0.3, 0.4) is 0 Å². The topological polar surface area (TPSA) is 96.6 Å². The van der Waals surface area contributed by atoms with Crippen molar-refractivity contribution in [1.29, 1.82) is 0 Å². The molecule has 7 heteroatoms. The highest BCUT2D eigenvalue weighted by Crippen LogP contribution is 2.27. The highest BCUT2D eigenvalue weighted by atomic mass is 16.3. The van der Waals surface area contributed by atoms with Gasteiger partial charge in [0, 0.05) is 16.6 Å². The molecule has 1 atom stereocenters. The zero-order valence-electron chi connectivity index (χ0n) is 22.6. The number of nitrogens with one attached hydrogen (secondary N) is 2. The first-order chi connectivity index (χ1) is 19.4. The average Bonchev–Trinajstić information content (AvgIpc) is 3.55. The number of fused-ring (bicyclic) bond motifs is 1. The molecule has 3 aromatic carbocycles. The summed E-state index contributed by atoms with van der Waals surface area (Å²) in [6, 6.07) is 28.2. The highest BCUT2D eigenvalue weighted by Gasteiger charge is 2.15. The van der Waals surface area contributed by atoms with E-state index in [-0.39, 0.29) is 17.6 Å². The molecule has 40 heavy (non-hydrogen) atoms. The number of para-hydroxylation sites is 1. The van der Waals surface area contributed by atoms with Crippen LogP contribution < -0.4 is 10.7 Å². The van der Waals surface area contributed by atoms with E-state index in [2.05, 4.69) is 54.0 Å². The van der Waals surface area contributed by atoms with Crippen LogP contribution in [0.1, 0.15) is 65.1 Å². The summed E-state index contributed by atoms with van der Waals surface area (Å²) in [5.41, 5.74) is 8.95. The minimum absolute atomic E-state index is 0.236. The highest BCUT2D eigenvalue weighted by molar-refractivity contribution is 6.08. The van der Waals surface area contributed by atoms with E-state index < -0.39 is 0 Å². The van der Waals surface area contributed by atoms with Gasteiger partial charge in [0.1, 0.15) is 0 Å². The number of furan rings is 1. The first kappa shape index (κ1) is 26.6. The molecule has 0 fully saturated rings. The lowest BCUT2D eigenvalue weighted by atomic mass is 9.96. The number of hydrazone groups is 1. The SMILES string of the molecule is CC[C@H](C)c1ccc(-c2cc(C(=O)NN=C(C)c3ccc(NC(=O)c4ccco4)cc3)c3ccccc3n2)cc1. The van der Waals surface area contributed by atoms with E-state index in [9.17, 15) is 9.59 Å². The lowest BCUT2D eigenvalue weighted by Crippen LogP contribution is -2.20. The number of rotatable bonds is 8. The smallest absolute Gasteiger partial charge is 0.291 e. The number of carbonyl (C=O) groups is 2. The van der Waals surface area contributed by atoms with Gasteiger partial charge in [-0.1, -0.05) is 68.4 Å². The summed E-state index contributed by atoms with van der Waals surface area (Å²) in [6.07, 6.45) is 2.52. The summed E-state index contributed by atoms with van der Waals surface area (Å²) in [7, 11) is 0. The zero-order chi connectivity index (χ0) is 28.1. The van der Waals surface area contributed by atoms with Gasteiger partial charge < -0.3 is 9.73 Å². The molecule has 0 spiro atoms. The molecule has 5 rings (SSSR count). The van der Waals surface area contributed by atoms with Gasteiger partial charge >= 0.3 is 0 Å². The van der Waals surface area contributed by atoms with Crippen LogP contribution in [0.4, 0.5) is 5.69 Å². The molecule has 0 saturated carbocycles. The van der Waals surface area contributed by atoms with Crippen LogP contribution in [-0.2, 0) is 0 Å². The predicted octanol–water partition coefficient (Wildman–Crippen LogP) is 7.41. The van der Waals surface area contributed by atoms with Crippen LogP contribution in [0, 0.1) is 0 Å². The lowest BCUT2D eigenvalue weighted by molar-refractivity contribution is 0.0955. The standard InChI is InChI=1S/C33H30N4O3/c1-4-21(2)23-11-13-25(14-12-23)30-20-28(27-8-5-6-9-29(27)35-30)32(38)37-36-22(3)24-15-17-26(18-16-24)34-33(39)31-10-7-19-40-31/h5-21H,4H2,1-3H3,(H,34,39)(H,37,38)/t21-/m0/s1. The Balaban J connectivity index is 1.34. The van der Waals surface area contributed by atoms with Gasteiger partial charge in [0.2, 0.25) is 0 Å². The second-order valence-corrected chi connectivity index (χ2v) is 9.65. The second kappa shape index (κ2) is 11.8. The first-order valence-corrected chi connectivity index (χ1v) is 13.2. The van der Waals surface area contributed by atoms with Gasteiger partial charge in [0.15, 0.2) is 5.76 Å². The molecule has 0 aliphatic heterocycles. The normalized spacial score (nSPS) is 12.2. The summed E-state index contributed by atoms with van der Waals surface area (Å²) in [5.74, 6) is 0.0701. The molecular formula is C33H30N4O3. The predicted molar refractivity (Wildman–Crippen MR) is 159 cm³/mol. The van der Waals surface area contributed by atoms with Crippen molar-refractivity contribution in [2.45, 2.75) is 33.1 Å². The van der Waals surface area contributed by atoms with Gasteiger partial charge in [0.25, 0.3) is 11.8 Å². The number of hydrogen-bond donors (Lipinski definition) is 2. The fourth-order valence-electron chi connectivity index (χ4n) is 4.38. The van der Waals surface area contributed by atoms with Crippen molar-refractivity contribution in [3.63, 3.8) is 0 Å². The largest absolute Gasteiger partial charge is 0.459 e. The third kappa shape index (κ3) is 5.83. The molecule has 0 aliphatic rings. The Bertz CT molecular complexity index is 1670. The van der Waals surface area contributed by atoms with Gasteiger partial charge in [-0.15, -0.1) is 0 Å². The van der Waals surface area contributed by atoms with Crippen LogP contribution in [0.5, 0.6) is 0 Å². The number of anilines is 1. The summed E-state index contributed by atoms with van der Waals surface area (Å²) in [4.78, 5) is 30.4. The number of hydrogen-bond acceptors (Lipinski definition) is 5. The summed E-state index contributed by atoms with van der Waals surface area (Å²) in [6.45, 7) is 6.20. The van der Waals surface area contributed by atoms with Crippen molar-refractivity contribution in [3.05, 3.63) is 120 Å². The lowest BCUT2D eigenvalue weighted by Gasteiger charge is -2.12. The third-order valence-corrected chi connectivity index (χ3v) is 6.98. The maximum atomic E-state index is 13.3. The summed E-state index contributed by atoms with van der Waals surface area (Å²) in [5, 5.41) is 7.88. The Morgan fingerprint density at radius 3 is 2.38 bits per heavy atom. The molecule has 0 saturated heterocycles. The van der Waals surface area contributed by atoms with E-state index in [0.717, 1.165) is 34.1 Å². The maximum Gasteiger partial charge on any atom is 0.291 e. The number of benzene rings is 3. The molecule has 2 heterocycles. The van der Waals surface area contributed by atoms with Crippen LogP contribution in [0.25, 0.3) is 22.2 Å². The third-order valence-electron chi connectivity index (χ3n) is 6.98. The Kier molecular flexibility index (Phi) is 7.82. The van der Waals surface area contributed by atoms with Gasteiger partial charge in [0.05, 0.1) is 28.7 Å². The van der Waals surface area contributed by atoms with Gasteiger partial charge in [-0.25, -0.2) is 10.4 Å². The number of amides is 2. The van der Waals surface area contributed by atoms with E-state index >= 15 is 0 Å². The Hall–Kier alpha value is -5.04. The molecular weight excluding hydrogens is 500 g/mol. The van der Waals surface area contributed by atoms with Gasteiger partial charge in [-0.05, 0) is 66.8 Å². The van der Waals surface area contributed by atoms with E-state index in [1.165, 1.54) is 11.8 Å². The van der Waals surface area contributed by atoms with E-state index in [1.807, 2.05) is 49.4 Å². The zero-order valence-corrected chi connectivity index (χ0v) is 22.6. The van der Waals surface area contributed by atoms with Gasteiger partial charge in [-0.2, -0.15) is 5.10 Å². The fraction of sp³-hybridized carbons (Fsp3) is 0.152. The molecule has 0 aliphatic carbocycles. The Morgan fingerprint density at radius 1 is 0.925 bits per heavy atom. The fourth-order valence-corrected chi connectivity index (χ4v) is 4.38. The van der Waals surface area contributed by atoms with E-state index in [0.29, 0.717) is 22.9 Å². The monoisotopic (exact) mass is 530 g/mol. The maximum absolute atomic E-state index is 13.3. The minimum Gasteiger partial charge on any atom is -0.459 e. The average molecular weight is 531 g/mol. The molecule has 0 radical (unpaired) electrons. The quantitative estimate of drug-likeness (QED) is 0.161.